The fraction of sp³-hybridized carbons (Fsp3) is 0.556. The molecular formula is C9H18N2. The molecule has 0 aliphatic rings. The van der Waals surface area contributed by atoms with Crippen LogP contribution in [0, 0.1) is 0 Å². The molecule has 2 heteroatoms. The molecule has 2 unspecified atom stereocenters. The summed E-state index contributed by atoms with van der Waals surface area (Å²) in [6.45, 7) is 13.5. The fourth-order valence-corrected chi connectivity index (χ4v) is 0.533. The minimum absolute atomic E-state index is 0.00296. The molecule has 0 heterocycles. The largest absolute Gasteiger partial charge is 0.381 e. The minimum Gasteiger partial charge on any atom is -0.381 e. The molecule has 0 saturated carbocycles. The number of nitrogens with one attached hydrogen (secondary N) is 1. The summed E-state index contributed by atoms with van der Waals surface area (Å²) in [5.74, 6) is 0. The van der Waals surface area contributed by atoms with Crippen molar-refractivity contribution in [3.63, 3.8) is 0 Å². The van der Waals surface area contributed by atoms with Crippen molar-refractivity contribution in [2.45, 2.75) is 32.9 Å². The lowest BCUT2D eigenvalue weighted by molar-refractivity contribution is 0.642. The molecule has 0 aliphatic carbocycles. The van der Waals surface area contributed by atoms with Gasteiger partial charge in [-0.25, -0.2) is 0 Å². The van der Waals surface area contributed by atoms with E-state index in [1.165, 1.54) is 0 Å². The quantitative estimate of drug-likeness (QED) is 0.601. The lowest BCUT2D eigenvalue weighted by Crippen LogP contribution is -2.34. The molecule has 3 N–H and O–H groups in total. The highest BCUT2D eigenvalue weighted by Gasteiger charge is 2.04. The van der Waals surface area contributed by atoms with E-state index in [2.05, 4.69) is 18.5 Å². The molecule has 2 atom stereocenters. The van der Waals surface area contributed by atoms with E-state index in [1.54, 1.807) is 0 Å². The Kier molecular flexibility index (Phi) is 3.90. The van der Waals surface area contributed by atoms with E-state index < -0.39 is 0 Å². The van der Waals surface area contributed by atoms with Crippen LogP contribution in [0.1, 0.15) is 20.8 Å². The van der Waals surface area contributed by atoms with E-state index in [0.717, 1.165) is 11.3 Å². The summed E-state index contributed by atoms with van der Waals surface area (Å²) in [4.78, 5) is 0. The van der Waals surface area contributed by atoms with Crippen LogP contribution in [0.5, 0.6) is 0 Å². The van der Waals surface area contributed by atoms with Crippen molar-refractivity contribution < 1.29 is 0 Å². The number of hydrogen-bond acceptors (Lipinski definition) is 2. The van der Waals surface area contributed by atoms with Gasteiger partial charge in [0, 0.05) is 17.8 Å². The van der Waals surface area contributed by atoms with Gasteiger partial charge in [0.2, 0.25) is 0 Å². The van der Waals surface area contributed by atoms with Crippen molar-refractivity contribution in [2.75, 3.05) is 0 Å². The molecule has 2 nitrogen and oxygen atoms in total. The zero-order valence-corrected chi connectivity index (χ0v) is 7.65. The van der Waals surface area contributed by atoms with Crippen LogP contribution in [0.3, 0.4) is 0 Å². The topological polar surface area (TPSA) is 38.0 Å². The first-order valence-electron chi connectivity index (χ1n) is 3.81. The van der Waals surface area contributed by atoms with E-state index in [1.807, 2.05) is 20.8 Å². The summed E-state index contributed by atoms with van der Waals surface area (Å²) in [5.41, 5.74) is 7.54. The molecule has 0 aromatic heterocycles. The maximum atomic E-state index is 5.59. The van der Waals surface area contributed by atoms with Gasteiger partial charge in [0.1, 0.15) is 0 Å². The number of rotatable bonds is 4. The normalized spacial score (nSPS) is 15.3. The highest BCUT2D eigenvalue weighted by Crippen LogP contribution is 2.00. The van der Waals surface area contributed by atoms with E-state index in [9.17, 15) is 0 Å². The molecule has 0 rings (SSSR count). The molecule has 64 valence electrons. The predicted molar refractivity (Wildman–Crippen MR) is 50.2 cm³/mol. The van der Waals surface area contributed by atoms with Crippen LogP contribution in [0.2, 0.25) is 0 Å². The first-order chi connectivity index (χ1) is 4.95. The number of nitrogens with two attached hydrogens (primary N) is 1. The van der Waals surface area contributed by atoms with Gasteiger partial charge in [-0.05, 0) is 20.8 Å². The van der Waals surface area contributed by atoms with Crippen molar-refractivity contribution >= 4 is 0 Å². The highest BCUT2D eigenvalue weighted by atomic mass is 14.9. The zero-order chi connectivity index (χ0) is 9.02. The first kappa shape index (κ1) is 10.2. The molecule has 0 aromatic carbocycles. The standard InChI is InChI=1S/C9H18N2/c1-6(2)8(4)11-9(5)7(3)10/h7-8,11H,1,5,10H2,2-4H3. The van der Waals surface area contributed by atoms with Gasteiger partial charge in [-0.1, -0.05) is 18.7 Å². The molecule has 0 saturated heterocycles. The van der Waals surface area contributed by atoms with Crippen molar-refractivity contribution in [2.24, 2.45) is 5.73 Å². The van der Waals surface area contributed by atoms with Crippen LogP contribution in [0.4, 0.5) is 0 Å². The van der Waals surface area contributed by atoms with Crippen LogP contribution in [-0.4, -0.2) is 12.1 Å². The molecule has 0 aliphatic heterocycles. The summed E-state index contributed by atoms with van der Waals surface area (Å²) >= 11 is 0. The molecule has 0 spiro atoms. The van der Waals surface area contributed by atoms with Gasteiger partial charge in [0.15, 0.2) is 0 Å². The summed E-state index contributed by atoms with van der Waals surface area (Å²) in [7, 11) is 0. The van der Waals surface area contributed by atoms with E-state index in [0.29, 0.717) is 0 Å². The van der Waals surface area contributed by atoms with E-state index in [4.69, 9.17) is 5.73 Å². The van der Waals surface area contributed by atoms with Gasteiger partial charge in [0.25, 0.3) is 0 Å². The van der Waals surface area contributed by atoms with Gasteiger partial charge in [-0.2, -0.15) is 0 Å². The van der Waals surface area contributed by atoms with Crippen LogP contribution in [0.25, 0.3) is 0 Å². The molecule has 0 bridgehead atoms. The van der Waals surface area contributed by atoms with Gasteiger partial charge in [0.05, 0.1) is 0 Å². The summed E-state index contributed by atoms with van der Waals surface area (Å²) in [5, 5.41) is 3.16. The monoisotopic (exact) mass is 154 g/mol. The van der Waals surface area contributed by atoms with Crippen molar-refractivity contribution in [3.05, 3.63) is 24.4 Å². The van der Waals surface area contributed by atoms with Crippen molar-refractivity contribution in [1.82, 2.24) is 5.32 Å². The number of hydrogen-bond donors (Lipinski definition) is 2. The van der Waals surface area contributed by atoms with Crippen LogP contribution >= 0.6 is 0 Å². The zero-order valence-electron chi connectivity index (χ0n) is 7.65. The van der Waals surface area contributed by atoms with Crippen molar-refractivity contribution in [1.29, 1.82) is 0 Å². The SMILES string of the molecule is C=C(NC(C)C(=C)C)C(C)N. The summed E-state index contributed by atoms with van der Waals surface area (Å²) < 4.78 is 0. The second kappa shape index (κ2) is 4.19. The first-order valence-corrected chi connectivity index (χ1v) is 3.81. The van der Waals surface area contributed by atoms with E-state index >= 15 is 0 Å². The fourth-order valence-electron chi connectivity index (χ4n) is 0.533. The van der Waals surface area contributed by atoms with Crippen LogP contribution in [0.15, 0.2) is 24.4 Å². The van der Waals surface area contributed by atoms with Gasteiger partial charge >= 0.3 is 0 Å². The van der Waals surface area contributed by atoms with Crippen LogP contribution < -0.4 is 11.1 Å². The summed E-state index contributed by atoms with van der Waals surface area (Å²) in [6.07, 6.45) is 0. The molecule has 0 fully saturated rings. The lowest BCUT2D eigenvalue weighted by Gasteiger charge is -2.19. The molecule has 0 radical (unpaired) electrons. The smallest absolute Gasteiger partial charge is 0.0437 e. The average Bonchev–Trinajstić information content (AvgIpc) is 1.87. The minimum atomic E-state index is -0.00296. The highest BCUT2D eigenvalue weighted by molar-refractivity contribution is 5.08. The van der Waals surface area contributed by atoms with Crippen molar-refractivity contribution in [3.8, 4) is 0 Å². The molecular weight excluding hydrogens is 136 g/mol. The molecule has 11 heavy (non-hydrogen) atoms. The third kappa shape index (κ3) is 3.83. The Hall–Kier alpha value is -0.760. The third-order valence-corrected chi connectivity index (χ3v) is 1.69. The second-order valence-corrected chi connectivity index (χ2v) is 3.03. The maximum absolute atomic E-state index is 5.59. The predicted octanol–water partition coefficient (Wildman–Crippen LogP) is 1.40. The maximum Gasteiger partial charge on any atom is 0.0437 e. The van der Waals surface area contributed by atoms with Gasteiger partial charge in [-0.15, -0.1) is 0 Å². The Balaban J connectivity index is 3.85. The van der Waals surface area contributed by atoms with E-state index in [-0.39, 0.29) is 12.1 Å². The molecule has 0 amide bonds. The second-order valence-electron chi connectivity index (χ2n) is 3.03. The Morgan fingerprint density at radius 1 is 1.36 bits per heavy atom. The summed E-state index contributed by atoms with van der Waals surface area (Å²) in [6, 6.07) is 0.255. The lowest BCUT2D eigenvalue weighted by atomic mass is 10.1. The Bertz CT molecular complexity index is 159. The van der Waals surface area contributed by atoms with Crippen LogP contribution in [-0.2, 0) is 0 Å². The Morgan fingerprint density at radius 2 is 1.82 bits per heavy atom. The third-order valence-electron chi connectivity index (χ3n) is 1.69. The van der Waals surface area contributed by atoms with Gasteiger partial charge < -0.3 is 11.1 Å². The Morgan fingerprint density at radius 3 is 2.09 bits per heavy atom. The average molecular weight is 154 g/mol. The van der Waals surface area contributed by atoms with Gasteiger partial charge in [-0.3, -0.25) is 0 Å². The Labute approximate surface area is 69.2 Å². The molecule has 0 aromatic rings.